The smallest absolute Gasteiger partial charge is 0.464 e. The van der Waals surface area contributed by atoms with Gasteiger partial charge < -0.3 is 14.8 Å². The van der Waals surface area contributed by atoms with E-state index in [-0.39, 0.29) is 17.1 Å². The lowest BCUT2D eigenvalue weighted by molar-refractivity contribution is -0.274. The normalized spacial score (nSPS) is 10.8. The summed E-state index contributed by atoms with van der Waals surface area (Å²) in [7, 11) is 1.15. The maximum Gasteiger partial charge on any atom is 0.573 e. The summed E-state index contributed by atoms with van der Waals surface area (Å²) in [5.41, 5.74) is -0.463. The fraction of sp³-hybridized carbons (Fsp3) is 0.133. The monoisotopic (exact) mass is 340 g/mol. The number of carbonyl (C=O) groups is 2. The van der Waals surface area contributed by atoms with Crippen LogP contribution in [-0.2, 0) is 4.74 Å². The zero-order valence-corrected chi connectivity index (χ0v) is 12.3. The molecule has 24 heavy (non-hydrogen) atoms. The summed E-state index contributed by atoms with van der Waals surface area (Å²) in [6, 6.07) is 9.08. The van der Waals surface area contributed by atoms with Gasteiger partial charge in [-0.05, 0) is 24.3 Å². The Kier molecular flexibility index (Phi) is 5.02. The maximum absolute atomic E-state index is 12.4. The molecule has 0 fully saturated rings. The summed E-state index contributed by atoms with van der Waals surface area (Å²) in [6.07, 6.45) is -4.90. The molecule has 9 heteroatoms. The van der Waals surface area contributed by atoms with Crippen LogP contribution in [-0.4, -0.2) is 30.3 Å². The molecule has 0 aliphatic rings. The van der Waals surface area contributed by atoms with E-state index in [2.05, 4.69) is 19.8 Å². The highest BCUT2D eigenvalue weighted by molar-refractivity contribution is 6.04. The minimum absolute atomic E-state index is 0.107. The maximum atomic E-state index is 12.4. The van der Waals surface area contributed by atoms with Gasteiger partial charge in [-0.1, -0.05) is 18.2 Å². The molecule has 1 amide bonds. The average molecular weight is 340 g/mol. The number of aromatic nitrogens is 1. The number of hydrogen-bond donors (Lipinski definition) is 1. The first-order valence-electron chi connectivity index (χ1n) is 6.51. The first-order chi connectivity index (χ1) is 11.3. The molecule has 0 spiro atoms. The van der Waals surface area contributed by atoms with E-state index in [1.807, 2.05) is 0 Å². The summed E-state index contributed by atoms with van der Waals surface area (Å²) in [4.78, 5) is 27.3. The first kappa shape index (κ1) is 17.3. The summed E-state index contributed by atoms with van der Waals surface area (Å²) in [6.45, 7) is 0. The number of carbonyl (C=O) groups excluding carboxylic acids is 2. The number of amides is 1. The number of ether oxygens (including phenoxy) is 2. The Balaban J connectivity index is 2.23. The molecule has 2 rings (SSSR count). The Morgan fingerprint density at radius 3 is 2.38 bits per heavy atom. The van der Waals surface area contributed by atoms with E-state index in [1.54, 1.807) is 0 Å². The Bertz CT molecular complexity index is 762. The second-order valence-corrected chi connectivity index (χ2v) is 4.40. The lowest BCUT2D eigenvalue weighted by Gasteiger charge is -2.13. The van der Waals surface area contributed by atoms with Crippen molar-refractivity contribution in [3.63, 3.8) is 0 Å². The number of nitrogens with zero attached hydrogens (tertiary/aromatic N) is 1. The van der Waals surface area contributed by atoms with Crippen LogP contribution >= 0.6 is 0 Å². The molecule has 2 aromatic rings. The van der Waals surface area contributed by atoms with Crippen molar-refractivity contribution in [3.05, 3.63) is 53.9 Å². The molecule has 0 unspecified atom stereocenters. The summed E-state index contributed by atoms with van der Waals surface area (Å²) in [5, 5.41) is 2.26. The lowest BCUT2D eigenvalue weighted by atomic mass is 10.2. The van der Waals surface area contributed by atoms with Crippen LogP contribution in [0.15, 0.2) is 42.5 Å². The number of para-hydroxylation sites is 2. The van der Waals surface area contributed by atoms with Gasteiger partial charge in [0.15, 0.2) is 5.75 Å². The second-order valence-electron chi connectivity index (χ2n) is 4.40. The zero-order chi connectivity index (χ0) is 17.7. The Morgan fingerprint density at radius 1 is 1.04 bits per heavy atom. The summed E-state index contributed by atoms with van der Waals surface area (Å²) in [5.74, 6) is -2.12. The number of anilines is 1. The van der Waals surface area contributed by atoms with Crippen molar-refractivity contribution in [2.45, 2.75) is 6.36 Å². The van der Waals surface area contributed by atoms with Crippen LogP contribution in [0.25, 0.3) is 0 Å². The van der Waals surface area contributed by atoms with Crippen LogP contribution in [0.2, 0.25) is 0 Å². The van der Waals surface area contributed by atoms with Crippen molar-refractivity contribution in [2.24, 2.45) is 0 Å². The van der Waals surface area contributed by atoms with Crippen LogP contribution in [0, 0.1) is 0 Å². The highest BCUT2D eigenvalue weighted by atomic mass is 19.4. The van der Waals surface area contributed by atoms with Crippen LogP contribution in [0.1, 0.15) is 21.0 Å². The van der Waals surface area contributed by atoms with Crippen molar-refractivity contribution in [1.82, 2.24) is 4.98 Å². The molecule has 0 aliphatic carbocycles. The Morgan fingerprint density at radius 2 is 1.71 bits per heavy atom. The van der Waals surface area contributed by atoms with Crippen molar-refractivity contribution < 1.29 is 32.2 Å². The van der Waals surface area contributed by atoms with Crippen molar-refractivity contribution in [1.29, 1.82) is 0 Å². The standard InChI is InChI=1S/C15H11F3N2O4/c1-23-14(22)11-7-4-6-10(19-11)13(21)20-9-5-2-3-8-12(9)24-15(16,17)18/h2-8H,1H3,(H,20,21). The minimum Gasteiger partial charge on any atom is -0.464 e. The van der Waals surface area contributed by atoms with Crippen LogP contribution in [0.5, 0.6) is 5.75 Å². The number of nitrogens with one attached hydrogen (secondary N) is 1. The molecule has 0 saturated carbocycles. The van der Waals surface area contributed by atoms with Gasteiger partial charge >= 0.3 is 12.3 Å². The van der Waals surface area contributed by atoms with Gasteiger partial charge in [0.05, 0.1) is 12.8 Å². The van der Waals surface area contributed by atoms with Gasteiger partial charge in [0.2, 0.25) is 0 Å². The van der Waals surface area contributed by atoms with Crippen molar-refractivity contribution in [2.75, 3.05) is 12.4 Å². The third-order valence-electron chi connectivity index (χ3n) is 2.74. The predicted octanol–water partition coefficient (Wildman–Crippen LogP) is 3.02. The summed E-state index contributed by atoms with van der Waals surface area (Å²) >= 11 is 0. The van der Waals surface area contributed by atoms with Gasteiger partial charge in [-0.15, -0.1) is 13.2 Å². The Labute approximate surface area is 134 Å². The second kappa shape index (κ2) is 6.99. The molecule has 1 heterocycles. The molecular weight excluding hydrogens is 329 g/mol. The third-order valence-corrected chi connectivity index (χ3v) is 2.74. The van der Waals surface area contributed by atoms with E-state index < -0.39 is 24.0 Å². The fourth-order valence-electron chi connectivity index (χ4n) is 1.75. The van der Waals surface area contributed by atoms with Gasteiger partial charge in [0.25, 0.3) is 5.91 Å². The lowest BCUT2D eigenvalue weighted by Crippen LogP contribution is -2.20. The number of alkyl halides is 3. The van der Waals surface area contributed by atoms with Crippen molar-refractivity contribution >= 4 is 17.6 Å². The Hall–Kier alpha value is -3.10. The number of halogens is 3. The van der Waals surface area contributed by atoms with Gasteiger partial charge in [-0.2, -0.15) is 0 Å². The number of methoxy groups -OCH3 is 1. The largest absolute Gasteiger partial charge is 0.573 e. The quantitative estimate of drug-likeness (QED) is 0.866. The zero-order valence-electron chi connectivity index (χ0n) is 12.3. The van der Waals surface area contributed by atoms with Crippen LogP contribution < -0.4 is 10.1 Å². The molecule has 1 aromatic carbocycles. The SMILES string of the molecule is COC(=O)c1cccc(C(=O)Nc2ccccc2OC(F)(F)F)n1. The molecule has 1 N–H and O–H groups in total. The average Bonchev–Trinajstić information content (AvgIpc) is 2.54. The van der Waals surface area contributed by atoms with Gasteiger partial charge in [0, 0.05) is 0 Å². The molecule has 126 valence electrons. The number of esters is 1. The molecule has 0 radical (unpaired) electrons. The predicted molar refractivity (Wildman–Crippen MR) is 76.7 cm³/mol. The van der Waals surface area contributed by atoms with Gasteiger partial charge in [-0.25, -0.2) is 9.78 Å². The molecule has 0 bridgehead atoms. The topological polar surface area (TPSA) is 77.5 Å². The molecule has 1 aromatic heterocycles. The van der Waals surface area contributed by atoms with E-state index in [4.69, 9.17) is 0 Å². The van der Waals surface area contributed by atoms with E-state index in [9.17, 15) is 22.8 Å². The number of pyridine rings is 1. The highest BCUT2D eigenvalue weighted by Crippen LogP contribution is 2.30. The van der Waals surface area contributed by atoms with Crippen molar-refractivity contribution in [3.8, 4) is 5.75 Å². The third kappa shape index (κ3) is 4.45. The number of benzene rings is 1. The van der Waals surface area contributed by atoms with E-state index in [0.29, 0.717) is 0 Å². The van der Waals surface area contributed by atoms with E-state index in [0.717, 1.165) is 13.2 Å². The van der Waals surface area contributed by atoms with Gasteiger partial charge in [-0.3, -0.25) is 4.79 Å². The molecule has 0 saturated heterocycles. The molecule has 0 atom stereocenters. The van der Waals surface area contributed by atoms with E-state index >= 15 is 0 Å². The minimum atomic E-state index is -4.90. The van der Waals surface area contributed by atoms with Gasteiger partial charge in [0.1, 0.15) is 11.4 Å². The highest BCUT2D eigenvalue weighted by Gasteiger charge is 2.32. The van der Waals surface area contributed by atoms with Crippen LogP contribution in [0.4, 0.5) is 18.9 Å². The fourth-order valence-corrected chi connectivity index (χ4v) is 1.75. The van der Waals surface area contributed by atoms with E-state index in [1.165, 1.54) is 36.4 Å². The van der Waals surface area contributed by atoms with Crippen LogP contribution in [0.3, 0.4) is 0 Å². The summed E-state index contributed by atoms with van der Waals surface area (Å²) < 4.78 is 45.4. The molecule has 0 aliphatic heterocycles. The first-order valence-corrected chi connectivity index (χ1v) is 6.51. The molecule has 6 nitrogen and oxygen atoms in total. The number of hydrogen-bond acceptors (Lipinski definition) is 5. The molecular formula is C15H11F3N2O4. The number of rotatable bonds is 4.